The van der Waals surface area contributed by atoms with E-state index in [0.29, 0.717) is 5.56 Å². The van der Waals surface area contributed by atoms with Crippen molar-refractivity contribution in [2.24, 2.45) is 5.73 Å². The number of likely N-dealkylation sites (N-methyl/N-ethyl adjacent to an activating group) is 1. The smallest absolute Gasteiger partial charge is 0.242 e. The Morgan fingerprint density at radius 1 is 1.53 bits per heavy atom. The third kappa shape index (κ3) is 3.22. The Labute approximate surface area is 106 Å². The molecule has 3 N–H and O–H groups in total. The second kappa shape index (κ2) is 5.54. The third-order valence-corrected chi connectivity index (χ3v) is 4.33. The van der Waals surface area contributed by atoms with Crippen molar-refractivity contribution in [3.05, 3.63) is 29.8 Å². The zero-order chi connectivity index (χ0) is 13.1. The van der Waals surface area contributed by atoms with E-state index in [1.807, 2.05) is 0 Å². The summed E-state index contributed by atoms with van der Waals surface area (Å²) in [4.78, 5) is 0.255. The van der Waals surface area contributed by atoms with Crippen LogP contribution in [0.25, 0.3) is 0 Å². The first-order chi connectivity index (χ1) is 7.89. The van der Waals surface area contributed by atoms with Crippen molar-refractivity contribution in [1.82, 2.24) is 4.31 Å². The molecule has 0 aliphatic heterocycles. The van der Waals surface area contributed by atoms with Gasteiger partial charge < -0.3 is 10.8 Å². The summed E-state index contributed by atoms with van der Waals surface area (Å²) in [6, 6.07) is 6.11. The van der Waals surface area contributed by atoms with E-state index in [-0.39, 0.29) is 23.0 Å². The number of aliphatic hydroxyl groups is 1. The third-order valence-electron chi connectivity index (χ3n) is 2.24. The second-order valence-corrected chi connectivity index (χ2v) is 5.93. The van der Waals surface area contributed by atoms with Gasteiger partial charge in [0.25, 0.3) is 0 Å². The summed E-state index contributed by atoms with van der Waals surface area (Å²) in [5.41, 5.74) is 5.94. The molecule has 0 radical (unpaired) electrons. The Hall–Kier alpha value is -1.02. The van der Waals surface area contributed by atoms with Crippen molar-refractivity contribution < 1.29 is 13.5 Å². The van der Waals surface area contributed by atoms with Gasteiger partial charge in [-0.3, -0.25) is 0 Å². The SMILES string of the molecule is CN(CCO)S(=O)(=O)c1cccc(C(N)=S)c1. The highest BCUT2D eigenvalue weighted by Crippen LogP contribution is 2.15. The number of nitrogens with zero attached hydrogens (tertiary/aromatic N) is 1. The molecule has 0 aromatic heterocycles. The van der Waals surface area contributed by atoms with Crippen LogP contribution in [0.2, 0.25) is 0 Å². The molecule has 0 aliphatic rings. The largest absolute Gasteiger partial charge is 0.395 e. The van der Waals surface area contributed by atoms with Crippen LogP contribution in [-0.4, -0.2) is 43.0 Å². The standard InChI is InChI=1S/C10H14N2O3S2/c1-12(5-6-13)17(14,15)9-4-2-3-8(7-9)10(11)16/h2-4,7,13H,5-6H2,1H3,(H2,11,16). The van der Waals surface area contributed by atoms with E-state index in [9.17, 15) is 8.42 Å². The predicted octanol–water partition coefficient (Wildman–Crippen LogP) is -0.0664. The number of benzene rings is 1. The summed E-state index contributed by atoms with van der Waals surface area (Å²) in [5.74, 6) is 0. The van der Waals surface area contributed by atoms with Crippen molar-refractivity contribution in [1.29, 1.82) is 0 Å². The maximum absolute atomic E-state index is 12.0. The molecule has 7 heteroatoms. The van der Waals surface area contributed by atoms with Crippen LogP contribution in [0.15, 0.2) is 29.2 Å². The van der Waals surface area contributed by atoms with E-state index < -0.39 is 10.0 Å². The van der Waals surface area contributed by atoms with Crippen molar-refractivity contribution in [2.45, 2.75) is 4.90 Å². The van der Waals surface area contributed by atoms with Crippen molar-refractivity contribution >= 4 is 27.2 Å². The van der Waals surface area contributed by atoms with E-state index in [0.717, 1.165) is 4.31 Å². The van der Waals surface area contributed by atoms with Crippen LogP contribution in [-0.2, 0) is 10.0 Å². The molecule has 94 valence electrons. The summed E-state index contributed by atoms with van der Waals surface area (Å²) in [7, 11) is -2.20. The van der Waals surface area contributed by atoms with Crippen LogP contribution >= 0.6 is 12.2 Å². The van der Waals surface area contributed by atoms with E-state index in [4.69, 9.17) is 23.1 Å². The number of thiocarbonyl (C=S) groups is 1. The fourth-order valence-corrected chi connectivity index (χ4v) is 2.59. The molecule has 1 aromatic rings. The Morgan fingerprint density at radius 3 is 2.71 bits per heavy atom. The van der Waals surface area contributed by atoms with Gasteiger partial charge >= 0.3 is 0 Å². The highest BCUT2D eigenvalue weighted by Gasteiger charge is 2.20. The number of aliphatic hydroxyl groups excluding tert-OH is 1. The summed E-state index contributed by atoms with van der Waals surface area (Å²) in [5, 5.41) is 8.74. The molecule has 0 aliphatic carbocycles. The molecule has 0 amide bonds. The molecule has 5 nitrogen and oxygen atoms in total. The Morgan fingerprint density at radius 2 is 2.18 bits per heavy atom. The van der Waals surface area contributed by atoms with Crippen LogP contribution in [0, 0.1) is 0 Å². The first-order valence-corrected chi connectivity index (χ1v) is 6.71. The normalized spacial score (nSPS) is 11.7. The van der Waals surface area contributed by atoms with Gasteiger partial charge in [0.15, 0.2) is 0 Å². The van der Waals surface area contributed by atoms with Gasteiger partial charge in [0.2, 0.25) is 10.0 Å². The first kappa shape index (κ1) is 14.0. The lowest BCUT2D eigenvalue weighted by atomic mass is 10.2. The quantitative estimate of drug-likeness (QED) is 0.735. The van der Waals surface area contributed by atoms with Gasteiger partial charge in [0.05, 0.1) is 11.5 Å². The lowest BCUT2D eigenvalue weighted by Gasteiger charge is -2.16. The zero-order valence-electron chi connectivity index (χ0n) is 9.33. The van der Waals surface area contributed by atoms with Crippen LogP contribution in [0.4, 0.5) is 0 Å². The van der Waals surface area contributed by atoms with Gasteiger partial charge in [0, 0.05) is 19.2 Å². The summed E-state index contributed by atoms with van der Waals surface area (Å²) >= 11 is 4.79. The first-order valence-electron chi connectivity index (χ1n) is 4.86. The van der Waals surface area contributed by atoms with E-state index in [2.05, 4.69) is 0 Å². The zero-order valence-corrected chi connectivity index (χ0v) is 11.0. The molecule has 0 heterocycles. The molecule has 1 rings (SSSR count). The number of hydrogen-bond donors (Lipinski definition) is 2. The van der Waals surface area contributed by atoms with Gasteiger partial charge in [-0.1, -0.05) is 24.4 Å². The van der Waals surface area contributed by atoms with E-state index >= 15 is 0 Å². The number of nitrogens with two attached hydrogens (primary N) is 1. The minimum atomic E-state index is -3.60. The Kier molecular flexibility index (Phi) is 4.58. The number of rotatable bonds is 5. The summed E-state index contributed by atoms with van der Waals surface area (Å²) < 4.78 is 25.1. The molecule has 0 atom stereocenters. The molecular weight excluding hydrogens is 260 g/mol. The maximum atomic E-state index is 12.0. The monoisotopic (exact) mass is 274 g/mol. The fourth-order valence-electron chi connectivity index (χ4n) is 1.25. The Bertz CT molecular complexity index is 514. The molecule has 0 bridgehead atoms. The minimum Gasteiger partial charge on any atom is -0.395 e. The summed E-state index contributed by atoms with van der Waals surface area (Å²) in [6.07, 6.45) is 0. The van der Waals surface area contributed by atoms with Gasteiger partial charge in [-0.15, -0.1) is 0 Å². The van der Waals surface area contributed by atoms with Gasteiger partial charge in [-0.05, 0) is 12.1 Å². The molecular formula is C10H14N2O3S2. The molecule has 0 unspecified atom stereocenters. The van der Waals surface area contributed by atoms with Crippen LogP contribution in [0.1, 0.15) is 5.56 Å². The highest BCUT2D eigenvalue weighted by atomic mass is 32.2. The predicted molar refractivity (Wildman–Crippen MR) is 69.2 cm³/mol. The lowest BCUT2D eigenvalue weighted by molar-refractivity contribution is 0.266. The van der Waals surface area contributed by atoms with E-state index in [1.54, 1.807) is 12.1 Å². The fraction of sp³-hybridized carbons (Fsp3) is 0.300. The van der Waals surface area contributed by atoms with Gasteiger partial charge in [-0.25, -0.2) is 8.42 Å². The average molecular weight is 274 g/mol. The van der Waals surface area contributed by atoms with Crippen molar-refractivity contribution in [3.63, 3.8) is 0 Å². The molecule has 0 spiro atoms. The van der Waals surface area contributed by atoms with Crippen molar-refractivity contribution in [2.75, 3.05) is 20.2 Å². The second-order valence-electron chi connectivity index (χ2n) is 3.44. The van der Waals surface area contributed by atoms with Gasteiger partial charge in [0.1, 0.15) is 4.99 Å². The average Bonchev–Trinajstić information content (AvgIpc) is 2.29. The van der Waals surface area contributed by atoms with Crippen molar-refractivity contribution in [3.8, 4) is 0 Å². The molecule has 17 heavy (non-hydrogen) atoms. The molecule has 0 saturated carbocycles. The summed E-state index contributed by atoms with van der Waals surface area (Å²) in [6.45, 7) is -0.190. The lowest BCUT2D eigenvalue weighted by Crippen LogP contribution is -2.29. The van der Waals surface area contributed by atoms with E-state index in [1.165, 1.54) is 19.2 Å². The number of sulfonamides is 1. The number of hydrogen-bond acceptors (Lipinski definition) is 4. The molecule has 0 fully saturated rings. The molecule has 0 saturated heterocycles. The topological polar surface area (TPSA) is 83.6 Å². The minimum absolute atomic E-state index is 0.0413. The molecule has 1 aromatic carbocycles. The highest BCUT2D eigenvalue weighted by molar-refractivity contribution is 7.89. The van der Waals surface area contributed by atoms with Crippen LogP contribution < -0.4 is 5.73 Å². The van der Waals surface area contributed by atoms with Gasteiger partial charge in [-0.2, -0.15) is 4.31 Å². The maximum Gasteiger partial charge on any atom is 0.242 e. The van der Waals surface area contributed by atoms with Crippen LogP contribution in [0.5, 0.6) is 0 Å². The Balaban J connectivity index is 3.15. The van der Waals surface area contributed by atoms with Crippen LogP contribution in [0.3, 0.4) is 0 Å².